The Hall–Kier alpha value is -2.15. The summed E-state index contributed by atoms with van der Waals surface area (Å²) in [4.78, 5) is 8.70. The molecule has 4 rings (SSSR count). The fourth-order valence-electron chi connectivity index (χ4n) is 2.38. The van der Waals surface area contributed by atoms with Gasteiger partial charge in [0.2, 0.25) is 5.95 Å². The van der Waals surface area contributed by atoms with E-state index < -0.39 is 0 Å². The first-order valence-electron chi connectivity index (χ1n) is 7.47. The highest BCUT2D eigenvalue weighted by Crippen LogP contribution is 2.39. The molecule has 0 aromatic carbocycles. The van der Waals surface area contributed by atoms with Gasteiger partial charge in [-0.15, -0.1) is 0 Å². The van der Waals surface area contributed by atoms with Gasteiger partial charge in [-0.1, -0.05) is 0 Å². The highest BCUT2D eigenvalue weighted by Gasteiger charge is 2.25. The fourth-order valence-corrected chi connectivity index (χ4v) is 2.38. The van der Waals surface area contributed by atoms with Crippen molar-refractivity contribution in [2.75, 3.05) is 30.3 Å². The van der Waals surface area contributed by atoms with Crippen molar-refractivity contribution < 1.29 is 0 Å². The highest BCUT2D eigenvalue weighted by atomic mass is 15.2. The minimum Gasteiger partial charge on any atom is -0.354 e. The van der Waals surface area contributed by atoms with Crippen LogP contribution < -0.4 is 16.0 Å². The van der Waals surface area contributed by atoms with Crippen LogP contribution in [-0.4, -0.2) is 39.8 Å². The Morgan fingerprint density at radius 1 is 1.24 bits per heavy atom. The third kappa shape index (κ3) is 2.97. The first-order valence-corrected chi connectivity index (χ1v) is 7.47. The third-order valence-corrected chi connectivity index (χ3v) is 3.94. The smallest absolute Gasteiger partial charge is 0.224 e. The second kappa shape index (κ2) is 5.33. The summed E-state index contributed by atoms with van der Waals surface area (Å²) < 4.78 is 0. The van der Waals surface area contributed by atoms with Gasteiger partial charge in [-0.2, -0.15) is 10.1 Å². The van der Waals surface area contributed by atoms with Gasteiger partial charge in [-0.05, 0) is 18.9 Å². The van der Waals surface area contributed by atoms with Crippen molar-refractivity contribution >= 4 is 17.6 Å². The Balaban J connectivity index is 1.39. The Morgan fingerprint density at radius 3 is 2.90 bits per heavy atom. The van der Waals surface area contributed by atoms with Gasteiger partial charge >= 0.3 is 0 Å². The maximum Gasteiger partial charge on any atom is 0.224 e. The number of nitrogens with one attached hydrogen (secondary N) is 4. The molecule has 4 N–H and O–H groups in total. The summed E-state index contributed by atoms with van der Waals surface area (Å²) in [6.07, 6.45) is 4.28. The van der Waals surface area contributed by atoms with Gasteiger partial charge in [0.15, 0.2) is 5.82 Å². The van der Waals surface area contributed by atoms with Gasteiger partial charge in [-0.25, -0.2) is 4.98 Å². The van der Waals surface area contributed by atoms with Crippen molar-refractivity contribution in [2.45, 2.75) is 18.8 Å². The Kier molecular flexibility index (Phi) is 3.19. The quantitative estimate of drug-likeness (QED) is 0.642. The molecule has 0 spiro atoms. The topological polar surface area (TPSA) is 90.5 Å². The number of H-pyrrole nitrogens is 1. The molecule has 3 heterocycles. The molecule has 1 saturated heterocycles. The SMILES string of the molecule is c1cc(Nc2cc(C3CC3)[nH]n2)nc(NCC2CNC2)n1. The molecule has 0 amide bonds. The molecular formula is C14H19N7. The summed E-state index contributed by atoms with van der Waals surface area (Å²) in [5, 5.41) is 17.1. The number of aromatic nitrogens is 4. The number of aromatic amines is 1. The van der Waals surface area contributed by atoms with Gasteiger partial charge in [0.05, 0.1) is 0 Å². The van der Waals surface area contributed by atoms with E-state index in [1.54, 1.807) is 6.20 Å². The van der Waals surface area contributed by atoms with Gasteiger partial charge in [-0.3, -0.25) is 5.10 Å². The van der Waals surface area contributed by atoms with Gasteiger partial charge in [0.1, 0.15) is 5.82 Å². The molecule has 0 atom stereocenters. The average Bonchev–Trinajstić information content (AvgIpc) is 3.19. The largest absolute Gasteiger partial charge is 0.354 e. The molecule has 0 radical (unpaired) electrons. The molecule has 1 aliphatic heterocycles. The summed E-state index contributed by atoms with van der Waals surface area (Å²) >= 11 is 0. The Morgan fingerprint density at radius 2 is 2.14 bits per heavy atom. The molecule has 7 nitrogen and oxygen atoms in total. The van der Waals surface area contributed by atoms with Gasteiger partial charge < -0.3 is 16.0 Å². The van der Waals surface area contributed by atoms with Crippen LogP contribution in [-0.2, 0) is 0 Å². The molecule has 110 valence electrons. The molecule has 2 aliphatic rings. The first kappa shape index (κ1) is 12.6. The molecule has 0 bridgehead atoms. The first-order chi connectivity index (χ1) is 10.4. The monoisotopic (exact) mass is 285 g/mol. The van der Waals surface area contributed by atoms with Crippen LogP contribution >= 0.6 is 0 Å². The fraction of sp³-hybridized carbons (Fsp3) is 0.500. The van der Waals surface area contributed by atoms with Crippen molar-refractivity contribution in [1.29, 1.82) is 0 Å². The Labute approximate surface area is 123 Å². The van der Waals surface area contributed by atoms with Crippen LogP contribution in [0.25, 0.3) is 0 Å². The van der Waals surface area contributed by atoms with Crippen LogP contribution in [0.3, 0.4) is 0 Å². The molecule has 2 aromatic heterocycles. The van der Waals surface area contributed by atoms with E-state index in [2.05, 4.69) is 42.2 Å². The van der Waals surface area contributed by atoms with Crippen LogP contribution in [0.5, 0.6) is 0 Å². The van der Waals surface area contributed by atoms with Crippen LogP contribution in [0.4, 0.5) is 17.6 Å². The summed E-state index contributed by atoms with van der Waals surface area (Å²) in [5.41, 5.74) is 1.21. The van der Waals surface area contributed by atoms with Crippen molar-refractivity contribution in [3.63, 3.8) is 0 Å². The summed E-state index contributed by atoms with van der Waals surface area (Å²) in [6.45, 7) is 3.05. The molecule has 21 heavy (non-hydrogen) atoms. The predicted octanol–water partition coefficient (Wildman–Crippen LogP) is 1.45. The molecule has 1 aliphatic carbocycles. The predicted molar refractivity (Wildman–Crippen MR) is 80.7 cm³/mol. The average molecular weight is 285 g/mol. The molecule has 2 fully saturated rings. The van der Waals surface area contributed by atoms with E-state index in [-0.39, 0.29) is 0 Å². The zero-order chi connectivity index (χ0) is 14.1. The summed E-state index contributed by atoms with van der Waals surface area (Å²) in [6, 6.07) is 3.91. The van der Waals surface area contributed by atoms with E-state index >= 15 is 0 Å². The summed E-state index contributed by atoms with van der Waals surface area (Å²) in [7, 11) is 0. The van der Waals surface area contributed by atoms with Gasteiger partial charge in [0.25, 0.3) is 0 Å². The molecule has 7 heteroatoms. The van der Waals surface area contributed by atoms with E-state index in [1.807, 2.05) is 6.07 Å². The third-order valence-electron chi connectivity index (χ3n) is 3.94. The van der Waals surface area contributed by atoms with Crippen LogP contribution in [0, 0.1) is 5.92 Å². The van der Waals surface area contributed by atoms with Crippen LogP contribution in [0.1, 0.15) is 24.5 Å². The summed E-state index contributed by atoms with van der Waals surface area (Å²) in [5.74, 6) is 3.58. The van der Waals surface area contributed by atoms with Crippen molar-refractivity contribution in [3.8, 4) is 0 Å². The lowest BCUT2D eigenvalue weighted by atomic mass is 10.0. The van der Waals surface area contributed by atoms with E-state index in [9.17, 15) is 0 Å². The standard InChI is InChI=1S/C14H19N7/c1-2-10(1)11-5-13(21-20-11)18-12-3-4-16-14(19-12)17-8-9-6-15-7-9/h3-5,9-10,15H,1-2,6-8H2,(H3,16,17,18,19,20,21). The van der Waals surface area contributed by atoms with E-state index in [0.29, 0.717) is 17.8 Å². The number of hydrogen-bond acceptors (Lipinski definition) is 6. The van der Waals surface area contributed by atoms with E-state index in [0.717, 1.165) is 31.3 Å². The minimum absolute atomic E-state index is 0.657. The second-order valence-corrected chi connectivity index (χ2v) is 5.78. The maximum absolute atomic E-state index is 4.46. The maximum atomic E-state index is 4.46. The van der Waals surface area contributed by atoms with Gasteiger partial charge in [0, 0.05) is 49.4 Å². The molecule has 1 saturated carbocycles. The normalized spacial score (nSPS) is 18.3. The number of rotatable bonds is 6. The molecule has 2 aromatic rings. The Bertz CT molecular complexity index is 615. The number of hydrogen-bond donors (Lipinski definition) is 4. The lowest BCUT2D eigenvalue weighted by molar-refractivity contribution is 0.365. The highest BCUT2D eigenvalue weighted by molar-refractivity contribution is 5.53. The second-order valence-electron chi connectivity index (χ2n) is 5.78. The lowest BCUT2D eigenvalue weighted by Gasteiger charge is -2.27. The number of anilines is 3. The van der Waals surface area contributed by atoms with Crippen LogP contribution in [0.15, 0.2) is 18.3 Å². The zero-order valence-electron chi connectivity index (χ0n) is 11.8. The molecule has 0 unspecified atom stereocenters. The molecular weight excluding hydrogens is 266 g/mol. The number of nitrogens with zero attached hydrogens (tertiary/aromatic N) is 3. The van der Waals surface area contributed by atoms with Crippen molar-refractivity contribution in [3.05, 3.63) is 24.0 Å². The van der Waals surface area contributed by atoms with Crippen molar-refractivity contribution in [2.24, 2.45) is 5.92 Å². The zero-order valence-corrected chi connectivity index (χ0v) is 11.8. The van der Waals surface area contributed by atoms with Crippen molar-refractivity contribution in [1.82, 2.24) is 25.5 Å². The van der Waals surface area contributed by atoms with E-state index in [1.165, 1.54) is 18.5 Å². The van der Waals surface area contributed by atoms with E-state index in [4.69, 9.17) is 0 Å². The van der Waals surface area contributed by atoms with Crippen LogP contribution in [0.2, 0.25) is 0 Å². The lowest BCUT2D eigenvalue weighted by Crippen LogP contribution is -2.45. The minimum atomic E-state index is 0.657.